The molecule has 0 unspecified atom stereocenters. The van der Waals surface area contributed by atoms with Gasteiger partial charge in [-0.25, -0.2) is 13.1 Å². The van der Waals surface area contributed by atoms with Crippen molar-refractivity contribution in [2.45, 2.75) is 12.3 Å². The molecular weight excluding hydrogens is 298 g/mol. The third kappa shape index (κ3) is 3.00. The Bertz CT molecular complexity index is 781. The number of benzene rings is 1. The third-order valence-electron chi connectivity index (χ3n) is 2.57. The van der Waals surface area contributed by atoms with E-state index in [4.69, 9.17) is 0 Å². The largest absolute Gasteiger partial charge is 0.234 e. The van der Waals surface area contributed by atoms with Gasteiger partial charge in [0.1, 0.15) is 11.3 Å². The molecule has 9 heteroatoms. The molecule has 0 saturated heterocycles. The smallest absolute Gasteiger partial charge is 0.212 e. The zero-order valence-corrected chi connectivity index (χ0v) is 11.9. The van der Waals surface area contributed by atoms with Gasteiger partial charge in [-0.15, -0.1) is 10.2 Å². The Hall–Kier alpha value is -1.84. The summed E-state index contributed by atoms with van der Waals surface area (Å²) in [4.78, 5) is 0.641. The van der Waals surface area contributed by atoms with Crippen LogP contribution in [0.4, 0.5) is 0 Å². The first-order valence-electron chi connectivity index (χ1n) is 5.79. The zero-order valence-electron chi connectivity index (χ0n) is 10.3. The van der Waals surface area contributed by atoms with Crippen LogP contribution in [0.25, 0.3) is 4.96 Å². The Labute approximate surface area is 119 Å². The number of sulfonamides is 1. The topological polar surface area (TPSA) is 89.2 Å². The lowest BCUT2D eigenvalue weighted by molar-refractivity contribution is 0.580. The van der Waals surface area contributed by atoms with E-state index in [0.29, 0.717) is 9.97 Å². The zero-order chi connectivity index (χ0) is 14.0. The number of aromatic nitrogens is 4. The standard InChI is InChI=1S/C11H11N5O2S2/c17-20(18,7-9-4-2-1-3-5-9)13-6-10-15-16-8-12-14-11(16)19-10/h1-5,8,13H,6-7H2. The highest BCUT2D eigenvalue weighted by atomic mass is 32.2. The van der Waals surface area contributed by atoms with E-state index in [1.807, 2.05) is 18.2 Å². The summed E-state index contributed by atoms with van der Waals surface area (Å²) in [6.07, 6.45) is 1.48. The SMILES string of the molecule is O=S(=O)(Cc1ccccc1)NCc1nn2cnnc2s1. The maximum Gasteiger partial charge on any atom is 0.234 e. The van der Waals surface area contributed by atoms with Crippen LogP contribution < -0.4 is 4.72 Å². The van der Waals surface area contributed by atoms with Crippen molar-refractivity contribution in [1.82, 2.24) is 24.5 Å². The maximum atomic E-state index is 12.0. The molecular formula is C11H11N5O2S2. The second kappa shape index (κ2) is 5.27. The molecule has 0 radical (unpaired) electrons. The van der Waals surface area contributed by atoms with Crippen LogP contribution in [-0.4, -0.2) is 28.2 Å². The van der Waals surface area contributed by atoms with Gasteiger partial charge >= 0.3 is 0 Å². The second-order valence-corrected chi connectivity index (χ2v) is 6.97. The highest BCUT2D eigenvalue weighted by Gasteiger charge is 2.13. The predicted molar refractivity (Wildman–Crippen MR) is 74.6 cm³/mol. The molecule has 1 aromatic carbocycles. The van der Waals surface area contributed by atoms with E-state index in [-0.39, 0.29) is 12.3 Å². The molecule has 3 rings (SSSR count). The summed E-state index contributed by atoms with van der Waals surface area (Å²) in [6.45, 7) is 0.156. The molecule has 0 amide bonds. The van der Waals surface area contributed by atoms with Gasteiger partial charge in [-0.05, 0) is 5.56 Å². The van der Waals surface area contributed by atoms with Crippen LogP contribution in [0.1, 0.15) is 10.6 Å². The van der Waals surface area contributed by atoms with Gasteiger partial charge in [0.15, 0.2) is 0 Å². The molecule has 0 atom stereocenters. The summed E-state index contributed by atoms with van der Waals surface area (Å²) in [7, 11) is -3.38. The minimum absolute atomic E-state index is 0.0437. The van der Waals surface area contributed by atoms with Crippen molar-refractivity contribution in [2.75, 3.05) is 0 Å². The molecule has 0 spiro atoms. The van der Waals surface area contributed by atoms with Crippen molar-refractivity contribution in [2.24, 2.45) is 0 Å². The third-order valence-corrected chi connectivity index (χ3v) is 4.78. The van der Waals surface area contributed by atoms with E-state index < -0.39 is 10.0 Å². The normalized spacial score (nSPS) is 12.0. The fourth-order valence-electron chi connectivity index (χ4n) is 1.69. The molecule has 7 nitrogen and oxygen atoms in total. The summed E-state index contributed by atoms with van der Waals surface area (Å²) in [5.41, 5.74) is 0.748. The average molecular weight is 309 g/mol. The summed E-state index contributed by atoms with van der Waals surface area (Å²) in [5.74, 6) is -0.0437. The lowest BCUT2D eigenvalue weighted by Crippen LogP contribution is -2.24. The van der Waals surface area contributed by atoms with Gasteiger partial charge in [-0.1, -0.05) is 41.7 Å². The molecule has 1 N–H and O–H groups in total. The fourth-order valence-corrected chi connectivity index (χ4v) is 3.62. The van der Waals surface area contributed by atoms with Crippen molar-refractivity contribution >= 4 is 26.3 Å². The molecule has 104 valence electrons. The average Bonchev–Trinajstić information content (AvgIpc) is 2.98. The minimum Gasteiger partial charge on any atom is -0.212 e. The number of nitrogens with one attached hydrogen (secondary N) is 1. The number of rotatable bonds is 5. The highest BCUT2D eigenvalue weighted by Crippen LogP contribution is 2.12. The van der Waals surface area contributed by atoms with Crippen LogP contribution >= 0.6 is 11.3 Å². The van der Waals surface area contributed by atoms with Gasteiger partial charge in [0, 0.05) is 0 Å². The Balaban J connectivity index is 1.66. The van der Waals surface area contributed by atoms with Gasteiger partial charge in [0.2, 0.25) is 15.0 Å². The molecule has 0 aliphatic carbocycles. The molecule has 0 fully saturated rings. The van der Waals surface area contributed by atoms with Gasteiger partial charge < -0.3 is 0 Å². The lowest BCUT2D eigenvalue weighted by Gasteiger charge is -2.04. The van der Waals surface area contributed by atoms with E-state index >= 15 is 0 Å². The minimum atomic E-state index is -3.38. The fraction of sp³-hybridized carbons (Fsp3) is 0.182. The second-order valence-electron chi connectivity index (χ2n) is 4.12. The van der Waals surface area contributed by atoms with Gasteiger partial charge in [-0.3, -0.25) is 0 Å². The van der Waals surface area contributed by atoms with Crippen molar-refractivity contribution in [1.29, 1.82) is 0 Å². The van der Waals surface area contributed by atoms with Crippen LogP contribution in [-0.2, 0) is 22.3 Å². The summed E-state index contributed by atoms with van der Waals surface area (Å²) in [6, 6.07) is 9.04. The van der Waals surface area contributed by atoms with E-state index in [0.717, 1.165) is 5.56 Å². The van der Waals surface area contributed by atoms with Gasteiger partial charge in [0.05, 0.1) is 12.3 Å². The van der Waals surface area contributed by atoms with Crippen molar-refractivity contribution in [3.8, 4) is 0 Å². The van der Waals surface area contributed by atoms with Gasteiger partial charge in [-0.2, -0.15) is 9.61 Å². The number of hydrogen-bond acceptors (Lipinski definition) is 6. The van der Waals surface area contributed by atoms with E-state index in [2.05, 4.69) is 20.0 Å². The first kappa shape index (κ1) is 13.2. The predicted octanol–water partition coefficient (Wildman–Crippen LogP) is 0.805. The monoisotopic (exact) mass is 309 g/mol. The molecule has 0 bridgehead atoms. The first-order valence-corrected chi connectivity index (χ1v) is 8.26. The summed E-state index contributed by atoms with van der Waals surface area (Å²) in [5, 5.41) is 12.3. The molecule has 0 aliphatic heterocycles. The molecule has 20 heavy (non-hydrogen) atoms. The van der Waals surface area contributed by atoms with Crippen LogP contribution in [0.5, 0.6) is 0 Å². The molecule has 0 saturated carbocycles. The van der Waals surface area contributed by atoms with E-state index in [1.165, 1.54) is 22.2 Å². The van der Waals surface area contributed by atoms with Gasteiger partial charge in [0.25, 0.3) is 0 Å². The summed E-state index contributed by atoms with van der Waals surface area (Å²) < 4.78 is 28.0. The Morgan fingerprint density at radius 1 is 1.25 bits per heavy atom. The van der Waals surface area contributed by atoms with Crippen molar-refractivity contribution < 1.29 is 8.42 Å². The number of fused-ring (bicyclic) bond motifs is 1. The lowest BCUT2D eigenvalue weighted by atomic mass is 10.2. The van der Waals surface area contributed by atoms with Crippen LogP contribution in [0.3, 0.4) is 0 Å². The molecule has 3 aromatic rings. The Morgan fingerprint density at radius 3 is 2.80 bits per heavy atom. The van der Waals surface area contributed by atoms with Crippen LogP contribution in [0.15, 0.2) is 36.7 Å². The van der Waals surface area contributed by atoms with Crippen molar-refractivity contribution in [3.63, 3.8) is 0 Å². The molecule has 0 aliphatic rings. The van der Waals surface area contributed by atoms with Crippen molar-refractivity contribution in [3.05, 3.63) is 47.2 Å². The Kier molecular flexibility index (Phi) is 3.47. The molecule has 2 aromatic heterocycles. The first-order chi connectivity index (χ1) is 9.62. The molecule has 2 heterocycles. The highest BCUT2D eigenvalue weighted by molar-refractivity contribution is 7.88. The number of nitrogens with zero attached hydrogens (tertiary/aromatic N) is 4. The van der Waals surface area contributed by atoms with E-state index in [1.54, 1.807) is 12.1 Å². The quantitative estimate of drug-likeness (QED) is 0.753. The maximum absolute atomic E-state index is 12.0. The van der Waals surface area contributed by atoms with Crippen LogP contribution in [0, 0.1) is 0 Å². The number of hydrogen-bond donors (Lipinski definition) is 1. The van der Waals surface area contributed by atoms with Crippen LogP contribution in [0.2, 0.25) is 0 Å². The van der Waals surface area contributed by atoms with E-state index in [9.17, 15) is 8.42 Å². The Morgan fingerprint density at radius 2 is 2.05 bits per heavy atom. The summed E-state index contributed by atoms with van der Waals surface area (Å²) >= 11 is 1.30.